The van der Waals surface area contributed by atoms with Crippen molar-refractivity contribution in [3.05, 3.63) is 0 Å². The lowest BCUT2D eigenvalue weighted by Gasteiger charge is -2.08. The van der Waals surface area contributed by atoms with E-state index in [2.05, 4.69) is 0 Å². The Morgan fingerprint density at radius 1 is 1.60 bits per heavy atom. The van der Waals surface area contributed by atoms with Gasteiger partial charge < -0.3 is 9.47 Å². The molecule has 0 fully saturated rings. The van der Waals surface area contributed by atoms with E-state index in [1.807, 2.05) is 19.9 Å². The standard InChI is InChI=1S/C7H13NO2/c1-3-9-6-7(2)10-5-4-8/h7H,3,5-6H2,1-2H3. The zero-order valence-corrected chi connectivity index (χ0v) is 6.46. The van der Waals surface area contributed by atoms with E-state index >= 15 is 0 Å². The van der Waals surface area contributed by atoms with Gasteiger partial charge in [0.25, 0.3) is 0 Å². The van der Waals surface area contributed by atoms with Crippen molar-refractivity contribution in [2.24, 2.45) is 0 Å². The Morgan fingerprint density at radius 3 is 2.80 bits per heavy atom. The molecule has 0 aliphatic carbocycles. The van der Waals surface area contributed by atoms with Crippen molar-refractivity contribution >= 4 is 0 Å². The van der Waals surface area contributed by atoms with E-state index in [4.69, 9.17) is 14.7 Å². The highest BCUT2D eigenvalue weighted by molar-refractivity contribution is 4.67. The first kappa shape index (κ1) is 9.41. The van der Waals surface area contributed by atoms with Crippen LogP contribution in [0.2, 0.25) is 0 Å². The SMILES string of the molecule is CCOCC(C)OCC#N. The average Bonchev–Trinajstić information content (AvgIpc) is 1.97. The van der Waals surface area contributed by atoms with Gasteiger partial charge in [-0.05, 0) is 13.8 Å². The predicted octanol–water partition coefficient (Wildman–Crippen LogP) is 0.952. The second kappa shape index (κ2) is 6.53. The summed E-state index contributed by atoms with van der Waals surface area (Å²) < 4.78 is 10.1. The smallest absolute Gasteiger partial charge is 0.134 e. The number of ether oxygens (including phenoxy) is 2. The summed E-state index contributed by atoms with van der Waals surface area (Å²) >= 11 is 0. The van der Waals surface area contributed by atoms with Gasteiger partial charge in [0.2, 0.25) is 0 Å². The lowest BCUT2D eigenvalue weighted by molar-refractivity contribution is 0.00993. The molecule has 10 heavy (non-hydrogen) atoms. The molecule has 1 unspecified atom stereocenters. The Kier molecular flexibility index (Phi) is 6.14. The van der Waals surface area contributed by atoms with E-state index in [0.717, 1.165) is 0 Å². The number of nitrogens with zero attached hydrogens (tertiary/aromatic N) is 1. The lowest BCUT2D eigenvalue weighted by Crippen LogP contribution is -2.15. The average molecular weight is 143 g/mol. The van der Waals surface area contributed by atoms with Gasteiger partial charge in [0, 0.05) is 6.61 Å². The van der Waals surface area contributed by atoms with Crippen LogP contribution < -0.4 is 0 Å². The molecule has 0 N–H and O–H groups in total. The van der Waals surface area contributed by atoms with Gasteiger partial charge in [-0.15, -0.1) is 0 Å². The minimum absolute atomic E-state index is 0.0274. The highest BCUT2D eigenvalue weighted by atomic mass is 16.5. The molecule has 0 spiro atoms. The van der Waals surface area contributed by atoms with Crippen LogP contribution in [0, 0.1) is 11.3 Å². The summed E-state index contributed by atoms with van der Waals surface area (Å²) in [4.78, 5) is 0. The summed E-state index contributed by atoms with van der Waals surface area (Å²) in [6.45, 7) is 5.22. The fourth-order valence-corrected chi connectivity index (χ4v) is 0.511. The van der Waals surface area contributed by atoms with Crippen LogP contribution in [-0.4, -0.2) is 25.9 Å². The van der Waals surface area contributed by atoms with Gasteiger partial charge in [0.15, 0.2) is 0 Å². The first-order valence-electron chi connectivity index (χ1n) is 3.37. The summed E-state index contributed by atoms with van der Waals surface area (Å²) in [6.07, 6.45) is 0.0274. The Labute approximate surface area is 61.5 Å². The molecule has 1 atom stereocenters. The maximum Gasteiger partial charge on any atom is 0.134 e. The third kappa shape index (κ3) is 5.54. The summed E-state index contributed by atoms with van der Waals surface area (Å²) in [5.74, 6) is 0. The molecular weight excluding hydrogens is 130 g/mol. The Bertz CT molecular complexity index is 109. The highest BCUT2D eigenvalue weighted by Gasteiger charge is 1.99. The topological polar surface area (TPSA) is 42.2 Å². The summed E-state index contributed by atoms with van der Waals surface area (Å²) in [7, 11) is 0. The van der Waals surface area contributed by atoms with Gasteiger partial charge in [-0.1, -0.05) is 0 Å². The Morgan fingerprint density at radius 2 is 2.30 bits per heavy atom. The molecule has 0 radical (unpaired) electrons. The van der Waals surface area contributed by atoms with Gasteiger partial charge in [-0.25, -0.2) is 0 Å². The fraction of sp³-hybridized carbons (Fsp3) is 0.857. The third-order valence-electron chi connectivity index (χ3n) is 0.989. The first-order chi connectivity index (χ1) is 4.81. The normalized spacial score (nSPS) is 12.5. The number of rotatable bonds is 5. The van der Waals surface area contributed by atoms with E-state index in [1.54, 1.807) is 0 Å². The third-order valence-corrected chi connectivity index (χ3v) is 0.989. The number of nitriles is 1. The molecule has 0 aromatic carbocycles. The molecule has 58 valence electrons. The molecule has 3 heteroatoms. The van der Waals surface area contributed by atoms with Crippen LogP contribution in [-0.2, 0) is 9.47 Å². The summed E-state index contributed by atoms with van der Waals surface area (Å²) in [6, 6.07) is 1.90. The molecule has 3 nitrogen and oxygen atoms in total. The maximum atomic E-state index is 8.12. The minimum atomic E-state index is 0.0274. The van der Waals surface area contributed by atoms with Gasteiger partial charge in [0.1, 0.15) is 6.61 Å². The van der Waals surface area contributed by atoms with Crippen molar-refractivity contribution in [3.8, 4) is 6.07 Å². The molecule has 0 heterocycles. The second-order valence-corrected chi connectivity index (χ2v) is 1.94. The second-order valence-electron chi connectivity index (χ2n) is 1.94. The van der Waals surface area contributed by atoms with Gasteiger partial charge in [0.05, 0.1) is 18.8 Å². The zero-order chi connectivity index (χ0) is 7.82. The van der Waals surface area contributed by atoms with Crippen LogP contribution in [0.25, 0.3) is 0 Å². The summed E-state index contributed by atoms with van der Waals surface area (Å²) in [5.41, 5.74) is 0. The number of hydrogen-bond donors (Lipinski definition) is 0. The molecule has 0 bridgehead atoms. The molecule has 0 rings (SSSR count). The predicted molar refractivity (Wildman–Crippen MR) is 37.5 cm³/mol. The Hall–Kier alpha value is -0.590. The van der Waals surface area contributed by atoms with Crippen LogP contribution >= 0.6 is 0 Å². The van der Waals surface area contributed by atoms with Crippen LogP contribution in [0.3, 0.4) is 0 Å². The molecule has 0 aromatic heterocycles. The van der Waals surface area contributed by atoms with E-state index in [-0.39, 0.29) is 12.7 Å². The van der Waals surface area contributed by atoms with Crippen LogP contribution in [0.15, 0.2) is 0 Å². The molecule has 0 aromatic rings. The van der Waals surface area contributed by atoms with Gasteiger partial charge in [-0.2, -0.15) is 5.26 Å². The van der Waals surface area contributed by atoms with Crippen molar-refractivity contribution < 1.29 is 9.47 Å². The molecule has 0 amide bonds. The highest BCUT2D eigenvalue weighted by Crippen LogP contribution is 1.90. The fourth-order valence-electron chi connectivity index (χ4n) is 0.511. The molecule has 0 saturated heterocycles. The molecule has 0 saturated carbocycles. The lowest BCUT2D eigenvalue weighted by atomic mass is 10.4. The van der Waals surface area contributed by atoms with E-state index in [9.17, 15) is 0 Å². The van der Waals surface area contributed by atoms with Crippen LogP contribution in [0.5, 0.6) is 0 Å². The monoisotopic (exact) mass is 143 g/mol. The minimum Gasteiger partial charge on any atom is -0.379 e. The summed E-state index contributed by atoms with van der Waals surface area (Å²) in [5, 5.41) is 8.12. The zero-order valence-electron chi connectivity index (χ0n) is 6.46. The molecular formula is C7H13NO2. The molecule has 0 aliphatic heterocycles. The van der Waals surface area contributed by atoms with E-state index < -0.39 is 0 Å². The number of hydrogen-bond acceptors (Lipinski definition) is 3. The van der Waals surface area contributed by atoms with E-state index in [0.29, 0.717) is 13.2 Å². The van der Waals surface area contributed by atoms with Crippen LogP contribution in [0.4, 0.5) is 0 Å². The first-order valence-corrected chi connectivity index (χ1v) is 3.37. The molecule has 0 aliphatic rings. The Balaban J connectivity index is 3.10. The van der Waals surface area contributed by atoms with Gasteiger partial charge in [-0.3, -0.25) is 0 Å². The van der Waals surface area contributed by atoms with Crippen molar-refractivity contribution in [2.45, 2.75) is 20.0 Å². The van der Waals surface area contributed by atoms with Crippen molar-refractivity contribution in [1.29, 1.82) is 5.26 Å². The van der Waals surface area contributed by atoms with Crippen LogP contribution in [0.1, 0.15) is 13.8 Å². The maximum absolute atomic E-state index is 8.12. The van der Waals surface area contributed by atoms with Crippen molar-refractivity contribution in [1.82, 2.24) is 0 Å². The quantitative estimate of drug-likeness (QED) is 0.575. The van der Waals surface area contributed by atoms with Crippen molar-refractivity contribution in [2.75, 3.05) is 19.8 Å². The van der Waals surface area contributed by atoms with Crippen molar-refractivity contribution in [3.63, 3.8) is 0 Å². The van der Waals surface area contributed by atoms with Gasteiger partial charge >= 0.3 is 0 Å². The largest absolute Gasteiger partial charge is 0.379 e. The van der Waals surface area contributed by atoms with E-state index in [1.165, 1.54) is 0 Å².